The van der Waals surface area contributed by atoms with Crippen LogP contribution < -0.4 is 10.6 Å². The first-order chi connectivity index (χ1) is 9.52. The van der Waals surface area contributed by atoms with E-state index in [2.05, 4.69) is 15.6 Å². The number of nitro benzene ring substituents is 1. The van der Waals surface area contributed by atoms with E-state index >= 15 is 0 Å². The molecule has 1 aromatic heterocycles. The topological polar surface area (TPSA) is 110 Å². The molecule has 1 heterocycles. The Morgan fingerprint density at radius 3 is 2.95 bits per heavy atom. The van der Waals surface area contributed by atoms with Gasteiger partial charge in [-0.1, -0.05) is 6.07 Å². The second kappa shape index (κ2) is 5.55. The van der Waals surface area contributed by atoms with Gasteiger partial charge >= 0.3 is 0 Å². The van der Waals surface area contributed by atoms with E-state index in [1.807, 2.05) is 6.92 Å². The number of carbonyl (C=O) groups is 1. The van der Waals surface area contributed by atoms with Crippen molar-refractivity contribution in [3.8, 4) is 0 Å². The van der Waals surface area contributed by atoms with Crippen LogP contribution in [0, 0.1) is 10.1 Å². The number of rotatable bonds is 5. The van der Waals surface area contributed by atoms with Crippen LogP contribution in [0.1, 0.15) is 13.8 Å². The van der Waals surface area contributed by atoms with E-state index < -0.39 is 11.0 Å². The average molecular weight is 278 g/mol. The smallest absolute Gasteiger partial charge is 0.298 e. The van der Waals surface area contributed by atoms with Crippen molar-refractivity contribution in [2.24, 2.45) is 0 Å². The molecule has 8 nitrogen and oxygen atoms in total. The van der Waals surface area contributed by atoms with Crippen LogP contribution in [0.2, 0.25) is 0 Å². The number of benzene rings is 1. The largest absolute Gasteiger partial charge is 0.423 e. The van der Waals surface area contributed by atoms with Gasteiger partial charge in [0.15, 0.2) is 11.1 Å². The molecule has 0 radical (unpaired) electrons. The molecule has 0 spiro atoms. The van der Waals surface area contributed by atoms with Crippen LogP contribution in [0.3, 0.4) is 0 Å². The maximum Gasteiger partial charge on any atom is 0.298 e. The normalized spacial score (nSPS) is 12.1. The van der Waals surface area contributed by atoms with Crippen molar-refractivity contribution < 1.29 is 14.1 Å². The fraction of sp³-hybridized carbons (Fsp3) is 0.333. The lowest BCUT2D eigenvalue weighted by Gasteiger charge is -2.10. The van der Waals surface area contributed by atoms with Crippen molar-refractivity contribution in [3.63, 3.8) is 0 Å². The molecular formula is C12H14N4O4. The molecule has 1 unspecified atom stereocenters. The zero-order valence-corrected chi connectivity index (χ0v) is 11.0. The van der Waals surface area contributed by atoms with Gasteiger partial charge in [-0.25, -0.2) is 0 Å². The number of aromatic nitrogens is 1. The quantitative estimate of drug-likeness (QED) is 0.635. The summed E-state index contributed by atoms with van der Waals surface area (Å²) in [6.07, 6.45) is 0. The highest BCUT2D eigenvalue weighted by atomic mass is 16.6. The monoisotopic (exact) mass is 278 g/mol. The van der Waals surface area contributed by atoms with Crippen LogP contribution in [0.15, 0.2) is 22.6 Å². The van der Waals surface area contributed by atoms with Gasteiger partial charge in [0.25, 0.3) is 11.7 Å². The Bertz CT molecular complexity index is 652. The van der Waals surface area contributed by atoms with E-state index in [1.54, 1.807) is 13.0 Å². The SMILES string of the molecule is CCNC(=O)C(C)Nc1nc2c([N+](=O)[O-])cccc2o1. The van der Waals surface area contributed by atoms with E-state index in [9.17, 15) is 14.9 Å². The Morgan fingerprint density at radius 2 is 2.30 bits per heavy atom. The molecule has 2 aromatic rings. The number of fused-ring (bicyclic) bond motifs is 1. The minimum absolute atomic E-state index is 0.0769. The third kappa shape index (κ3) is 2.68. The standard InChI is InChI=1S/C12H14N4O4/c1-3-13-11(17)7(2)14-12-15-10-8(16(18)19)5-4-6-9(10)20-12/h4-7H,3H2,1-2H3,(H,13,17)(H,14,15). The second-order valence-electron chi connectivity index (χ2n) is 4.16. The third-order valence-electron chi connectivity index (χ3n) is 2.68. The summed E-state index contributed by atoms with van der Waals surface area (Å²) in [4.78, 5) is 26.0. The van der Waals surface area contributed by atoms with E-state index in [0.29, 0.717) is 12.1 Å². The number of non-ortho nitro benzene ring substituents is 1. The molecular weight excluding hydrogens is 264 g/mol. The van der Waals surface area contributed by atoms with Gasteiger partial charge in [0.2, 0.25) is 5.91 Å². The summed E-state index contributed by atoms with van der Waals surface area (Å²) < 4.78 is 5.35. The summed E-state index contributed by atoms with van der Waals surface area (Å²) in [5.41, 5.74) is 0.317. The minimum Gasteiger partial charge on any atom is -0.423 e. The van der Waals surface area contributed by atoms with E-state index in [1.165, 1.54) is 12.1 Å². The van der Waals surface area contributed by atoms with Crippen LogP contribution in [-0.4, -0.2) is 28.4 Å². The van der Waals surface area contributed by atoms with E-state index in [4.69, 9.17) is 4.42 Å². The van der Waals surface area contributed by atoms with Crippen LogP contribution >= 0.6 is 0 Å². The summed E-state index contributed by atoms with van der Waals surface area (Å²) in [5.74, 6) is -0.204. The van der Waals surface area contributed by atoms with Crippen LogP contribution in [-0.2, 0) is 4.79 Å². The number of para-hydroxylation sites is 1. The summed E-state index contributed by atoms with van der Waals surface area (Å²) in [7, 11) is 0. The highest BCUT2D eigenvalue weighted by molar-refractivity contribution is 5.86. The molecule has 1 amide bonds. The number of nitrogens with zero attached hydrogens (tertiary/aromatic N) is 2. The number of hydrogen-bond donors (Lipinski definition) is 2. The number of carbonyl (C=O) groups excluding carboxylic acids is 1. The van der Waals surface area contributed by atoms with Crippen LogP contribution in [0.4, 0.5) is 11.7 Å². The zero-order chi connectivity index (χ0) is 14.7. The summed E-state index contributed by atoms with van der Waals surface area (Å²) in [5, 5.41) is 16.3. The van der Waals surface area contributed by atoms with Crippen molar-refractivity contribution >= 4 is 28.7 Å². The van der Waals surface area contributed by atoms with E-state index in [-0.39, 0.29) is 23.1 Å². The number of amides is 1. The van der Waals surface area contributed by atoms with Crippen molar-refractivity contribution in [1.82, 2.24) is 10.3 Å². The third-order valence-corrected chi connectivity index (χ3v) is 2.68. The lowest BCUT2D eigenvalue weighted by atomic mass is 10.3. The molecule has 2 rings (SSSR count). The number of oxazole rings is 1. The van der Waals surface area contributed by atoms with E-state index in [0.717, 1.165) is 0 Å². The predicted octanol–water partition coefficient (Wildman–Crippen LogP) is 1.67. The number of anilines is 1. The molecule has 2 N–H and O–H groups in total. The van der Waals surface area contributed by atoms with Gasteiger partial charge in [-0.3, -0.25) is 14.9 Å². The van der Waals surface area contributed by atoms with Gasteiger partial charge in [-0.05, 0) is 19.9 Å². The maximum absolute atomic E-state index is 11.6. The molecule has 0 aliphatic heterocycles. The highest BCUT2D eigenvalue weighted by Gasteiger charge is 2.19. The Labute approximate surface area is 114 Å². The van der Waals surface area contributed by atoms with Gasteiger partial charge in [-0.15, -0.1) is 0 Å². The summed E-state index contributed by atoms with van der Waals surface area (Å²) >= 11 is 0. The number of nitrogens with one attached hydrogen (secondary N) is 2. The molecule has 1 atom stereocenters. The Hall–Kier alpha value is -2.64. The van der Waals surface area contributed by atoms with Crippen molar-refractivity contribution in [2.75, 3.05) is 11.9 Å². The first-order valence-electron chi connectivity index (χ1n) is 6.11. The first-order valence-corrected chi connectivity index (χ1v) is 6.11. The Balaban J connectivity index is 2.26. The number of likely N-dealkylation sites (N-methyl/N-ethyl adjacent to an activating group) is 1. The second-order valence-corrected chi connectivity index (χ2v) is 4.16. The maximum atomic E-state index is 11.6. The molecule has 0 fully saturated rings. The van der Waals surface area contributed by atoms with Gasteiger partial charge in [0.05, 0.1) is 4.92 Å². The van der Waals surface area contributed by atoms with Crippen molar-refractivity contribution in [1.29, 1.82) is 0 Å². The fourth-order valence-corrected chi connectivity index (χ4v) is 1.72. The first kappa shape index (κ1) is 13.8. The molecule has 8 heteroatoms. The minimum atomic E-state index is -0.554. The Morgan fingerprint density at radius 1 is 1.55 bits per heavy atom. The van der Waals surface area contributed by atoms with Crippen LogP contribution in [0.25, 0.3) is 11.1 Å². The van der Waals surface area contributed by atoms with Gasteiger partial charge in [0, 0.05) is 12.6 Å². The average Bonchev–Trinajstić information content (AvgIpc) is 2.80. The lowest BCUT2D eigenvalue weighted by Crippen LogP contribution is -2.37. The number of hydrogen-bond acceptors (Lipinski definition) is 6. The molecule has 0 aliphatic carbocycles. The molecule has 20 heavy (non-hydrogen) atoms. The molecule has 106 valence electrons. The molecule has 0 bridgehead atoms. The van der Waals surface area contributed by atoms with Crippen molar-refractivity contribution in [2.45, 2.75) is 19.9 Å². The summed E-state index contributed by atoms with van der Waals surface area (Å²) in [6, 6.07) is 3.97. The van der Waals surface area contributed by atoms with Gasteiger partial charge in [-0.2, -0.15) is 4.98 Å². The fourth-order valence-electron chi connectivity index (χ4n) is 1.72. The van der Waals surface area contributed by atoms with Crippen molar-refractivity contribution in [3.05, 3.63) is 28.3 Å². The van der Waals surface area contributed by atoms with Gasteiger partial charge < -0.3 is 15.1 Å². The zero-order valence-electron chi connectivity index (χ0n) is 11.0. The molecule has 1 aromatic carbocycles. The number of nitro groups is 1. The van der Waals surface area contributed by atoms with Gasteiger partial charge in [0.1, 0.15) is 6.04 Å². The molecule has 0 saturated carbocycles. The highest BCUT2D eigenvalue weighted by Crippen LogP contribution is 2.27. The molecule has 0 saturated heterocycles. The Kier molecular flexibility index (Phi) is 3.83. The predicted molar refractivity (Wildman–Crippen MR) is 72.4 cm³/mol. The van der Waals surface area contributed by atoms with Crippen LogP contribution in [0.5, 0.6) is 0 Å². The lowest BCUT2D eigenvalue weighted by molar-refractivity contribution is -0.383. The molecule has 0 aliphatic rings. The summed E-state index contributed by atoms with van der Waals surface area (Å²) in [6.45, 7) is 3.98.